The summed E-state index contributed by atoms with van der Waals surface area (Å²) in [6, 6.07) is 9.48. The van der Waals surface area contributed by atoms with E-state index in [4.69, 9.17) is 4.74 Å². The number of nitrogens with zero attached hydrogens (tertiary/aromatic N) is 2. The third-order valence-corrected chi connectivity index (χ3v) is 7.60. The zero-order valence-corrected chi connectivity index (χ0v) is 16.8. The number of benzene rings is 1. The Morgan fingerprint density at radius 1 is 1.23 bits per heavy atom. The highest BCUT2D eigenvalue weighted by molar-refractivity contribution is 7.91. The van der Waals surface area contributed by atoms with Gasteiger partial charge in [0.25, 0.3) is 10.0 Å². The molecule has 0 saturated carbocycles. The summed E-state index contributed by atoms with van der Waals surface area (Å²) in [6.07, 6.45) is 0.708. The van der Waals surface area contributed by atoms with E-state index >= 15 is 0 Å². The van der Waals surface area contributed by atoms with Crippen molar-refractivity contribution in [3.63, 3.8) is 0 Å². The maximum Gasteiger partial charge on any atom is 0.252 e. The quantitative estimate of drug-likeness (QED) is 0.780. The fraction of sp³-hybridized carbons (Fsp3) is 0.500. The van der Waals surface area contributed by atoms with Crippen molar-refractivity contribution in [3.8, 4) is 0 Å². The Hall–Kier alpha value is -1.32. The number of thiazole rings is 1. The van der Waals surface area contributed by atoms with Gasteiger partial charge in [0.05, 0.1) is 23.9 Å². The van der Waals surface area contributed by atoms with E-state index in [1.54, 1.807) is 6.92 Å². The molecular weight excluding hydrogens is 370 g/mol. The number of hydrogen-bond donors (Lipinski definition) is 1. The van der Waals surface area contributed by atoms with Crippen LogP contribution in [0.5, 0.6) is 0 Å². The van der Waals surface area contributed by atoms with Crippen molar-refractivity contribution in [2.45, 2.75) is 30.5 Å². The Balaban J connectivity index is 1.77. The van der Waals surface area contributed by atoms with Crippen LogP contribution in [0.3, 0.4) is 0 Å². The van der Waals surface area contributed by atoms with Crippen LogP contribution >= 0.6 is 11.3 Å². The monoisotopic (exact) mass is 395 g/mol. The molecule has 0 spiro atoms. The van der Waals surface area contributed by atoms with Gasteiger partial charge in [-0.1, -0.05) is 30.3 Å². The molecule has 2 heterocycles. The Morgan fingerprint density at radius 2 is 1.92 bits per heavy atom. The molecule has 1 atom stereocenters. The fourth-order valence-electron chi connectivity index (χ4n) is 3.12. The summed E-state index contributed by atoms with van der Waals surface area (Å²) in [5, 5.41) is 0.757. The number of sulfonamides is 1. The third-order valence-electron chi connectivity index (χ3n) is 4.44. The van der Waals surface area contributed by atoms with E-state index in [-0.39, 0.29) is 6.04 Å². The largest absolute Gasteiger partial charge is 0.379 e. The van der Waals surface area contributed by atoms with Crippen LogP contribution in [0.25, 0.3) is 0 Å². The topological polar surface area (TPSA) is 71.5 Å². The molecule has 0 radical (unpaired) electrons. The highest BCUT2D eigenvalue weighted by Crippen LogP contribution is 2.26. The molecule has 142 valence electrons. The fourth-order valence-corrected chi connectivity index (χ4v) is 5.88. The molecule has 6 nitrogen and oxygen atoms in total. The lowest BCUT2D eigenvalue weighted by molar-refractivity contribution is 0.0364. The zero-order valence-electron chi connectivity index (χ0n) is 15.1. The minimum Gasteiger partial charge on any atom is -0.379 e. The van der Waals surface area contributed by atoms with E-state index in [2.05, 4.69) is 14.6 Å². The van der Waals surface area contributed by atoms with Crippen molar-refractivity contribution in [1.82, 2.24) is 14.6 Å². The van der Waals surface area contributed by atoms with Crippen molar-refractivity contribution < 1.29 is 13.2 Å². The summed E-state index contributed by atoms with van der Waals surface area (Å²) in [5.41, 5.74) is 1.53. The molecule has 1 unspecified atom stereocenters. The molecular formula is C18H25N3O3S2. The lowest BCUT2D eigenvalue weighted by atomic mass is 10.0. The highest BCUT2D eigenvalue weighted by atomic mass is 32.2. The minimum atomic E-state index is -3.61. The second kappa shape index (κ2) is 8.58. The van der Waals surface area contributed by atoms with Gasteiger partial charge in [0.1, 0.15) is 0 Å². The first-order chi connectivity index (χ1) is 12.5. The van der Waals surface area contributed by atoms with Crippen LogP contribution in [0.1, 0.15) is 28.7 Å². The van der Waals surface area contributed by atoms with Gasteiger partial charge in [-0.3, -0.25) is 4.90 Å². The number of ether oxygens (including phenoxy) is 1. The molecule has 3 rings (SSSR count). The van der Waals surface area contributed by atoms with Gasteiger partial charge < -0.3 is 4.74 Å². The van der Waals surface area contributed by atoms with Gasteiger partial charge in [0.15, 0.2) is 4.21 Å². The molecule has 0 bridgehead atoms. The molecule has 1 aliphatic rings. The Bertz CT molecular complexity index is 815. The molecule has 1 aromatic carbocycles. The summed E-state index contributed by atoms with van der Waals surface area (Å²) < 4.78 is 34.5. The number of nitrogens with one attached hydrogen (secondary N) is 1. The Morgan fingerprint density at radius 3 is 2.54 bits per heavy atom. The standard InChI is InChI=1S/C18H25N3O3S2/c1-14-18(25-15(2)19-14)26(22,23)20-17(16-6-4-3-5-7-16)8-9-21-10-12-24-13-11-21/h3-7,17,20H,8-13H2,1-2H3. The van der Waals surface area contributed by atoms with Crippen molar-refractivity contribution in [3.05, 3.63) is 46.6 Å². The van der Waals surface area contributed by atoms with Crippen LogP contribution in [-0.4, -0.2) is 51.1 Å². The van der Waals surface area contributed by atoms with Crippen LogP contribution in [0.4, 0.5) is 0 Å². The SMILES string of the molecule is Cc1nc(C)c(S(=O)(=O)NC(CCN2CCOCC2)c2ccccc2)s1. The van der Waals surface area contributed by atoms with Crippen LogP contribution in [0.15, 0.2) is 34.5 Å². The first-order valence-corrected chi connectivity index (χ1v) is 11.1. The second-order valence-corrected chi connectivity index (χ2v) is 9.55. The van der Waals surface area contributed by atoms with Gasteiger partial charge in [0.2, 0.25) is 0 Å². The maximum absolute atomic E-state index is 12.9. The number of aromatic nitrogens is 1. The average Bonchev–Trinajstić information content (AvgIpc) is 2.99. The van der Waals surface area contributed by atoms with Gasteiger partial charge in [-0.05, 0) is 25.8 Å². The van der Waals surface area contributed by atoms with Crippen LogP contribution in [0.2, 0.25) is 0 Å². The smallest absolute Gasteiger partial charge is 0.252 e. The summed E-state index contributed by atoms with van der Waals surface area (Å²) >= 11 is 1.22. The molecule has 0 amide bonds. The Labute approximate surface area is 159 Å². The molecule has 8 heteroatoms. The van der Waals surface area contributed by atoms with E-state index in [0.29, 0.717) is 16.3 Å². The first-order valence-electron chi connectivity index (χ1n) is 8.77. The molecule has 0 aliphatic carbocycles. The van der Waals surface area contributed by atoms with Gasteiger partial charge in [-0.2, -0.15) is 0 Å². The normalized spacial score (nSPS) is 17.3. The van der Waals surface area contributed by atoms with Crippen molar-refractivity contribution >= 4 is 21.4 Å². The molecule has 26 heavy (non-hydrogen) atoms. The molecule has 1 aromatic heterocycles. The number of hydrogen-bond acceptors (Lipinski definition) is 6. The van der Waals surface area contributed by atoms with Crippen LogP contribution < -0.4 is 4.72 Å². The van der Waals surface area contributed by atoms with E-state index in [1.165, 1.54) is 11.3 Å². The highest BCUT2D eigenvalue weighted by Gasteiger charge is 2.26. The molecule has 1 aliphatic heterocycles. The first kappa shape index (κ1) is 19.4. The van der Waals surface area contributed by atoms with Crippen molar-refractivity contribution in [1.29, 1.82) is 0 Å². The lowest BCUT2D eigenvalue weighted by Crippen LogP contribution is -2.39. The molecule has 1 fully saturated rings. The van der Waals surface area contributed by atoms with Gasteiger partial charge in [-0.25, -0.2) is 18.1 Å². The zero-order chi connectivity index (χ0) is 18.6. The lowest BCUT2D eigenvalue weighted by Gasteiger charge is -2.28. The second-order valence-electron chi connectivity index (χ2n) is 6.43. The number of morpholine rings is 1. The van der Waals surface area contributed by atoms with E-state index in [0.717, 1.165) is 43.4 Å². The molecule has 1 N–H and O–H groups in total. The predicted octanol–water partition coefficient (Wildman–Crippen LogP) is 2.50. The van der Waals surface area contributed by atoms with E-state index < -0.39 is 10.0 Å². The summed E-state index contributed by atoms with van der Waals surface area (Å²) in [7, 11) is -3.61. The molecule has 1 saturated heterocycles. The molecule has 2 aromatic rings. The van der Waals surface area contributed by atoms with Crippen LogP contribution in [0, 0.1) is 13.8 Å². The minimum absolute atomic E-state index is 0.272. The van der Waals surface area contributed by atoms with E-state index in [1.807, 2.05) is 37.3 Å². The number of rotatable bonds is 7. The van der Waals surface area contributed by atoms with Gasteiger partial charge >= 0.3 is 0 Å². The third kappa shape index (κ3) is 4.89. The summed E-state index contributed by atoms with van der Waals surface area (Å²) in [5.74, 6) is 0. The summed E-state index contributed by atoms with van der Waals surface area (Å²) in [6.45, 7) is 7.64. The predicted molar refractivity (Wildman–Crippen MR) is 103 cm³/mol. The van der Waals surface area contributed by atoms with Gasteiger partial charge in [0, 0.05) is 25.7 Å². The van der Waals surface area contributed by atoms with Gasteiger partial charge in [-0.15, -0.1) is 11.3 Å². The average molecular weight is 396 g/mol. The summed E-state index contributed by atoms with van der Waals surface area (Å²) in [4.78, 5) is 6.57. The van der Waals surface area contributed by atoms with Crippen molar-refractivity contribution in [2.24, 2.45) is 0 Å². The Kier molecular flexibility index (Phi) is 6.42. The maximum atomic E-state index is 12.9. The van der Waals surface area contributed by atoms with Crippen LogP contribution in [-0.2, 0) is 14.8 Å². The van der Waals surface area contributed by atoms with Crippen molar-refractivity contribution in [2.75, 3.05) is 32.8 Å². The number of aryl methyl sites for hydroxylation is 2. The van der Waals surface area contributed by atoms with E-state index in [9.17, 15) is 8.42 Å².